The zero-order valence-corrected chi connectivity index (χ0v) is 17.6. The molecule has 4 rings (SSSR count). The number of nitrogens with zero attached hydrogens (tertiary/aromatic N) is 4. The number of hydrogen-bond donors (Lipinski definition) is 2. The molecule has 0 atom stereocenters. The predicted molar refractivity (Wildman–Crippen MR) is 114 cm³/mol. The molecule has 0 unspecified atom stereocenters. The van der Waals surface area contributed by atoms with E-state index in [1.807, 2.05) is 23.6 Å². The first kappa shape index (κ1) is 18.9. The Bertz CT molecular complexity index is 1140. The Morgan fingerprint density at radius 3 is 2.79 bits per heavy atom. The van der Waals surface area contributed by atoms with E-state index >= 15 is 0 Å². The summed E-state index contributed by atoms with van der Waals surface area (Å²) in [5, 5.41) is 13.3. The first-order chi connectivity index (χ1) is 13.6. The fourth-order valence-electron chi connectivity index (χ4n) is 2.63. The molecule has 4 aromatic rings. The van der Waals surface area contributed by atoms with E-state index < -0.39 is 0 Å². The predicted octanol–water partition coefficient (Wildman–Crippen LogP) is 5.40. The summed E-state index contributed by atoms with van der Waals surface area (Å²) in [6.07, 6.45) is 1.64. The first-order valence-electron chi connectivity index (χ1n) is 8.02. The van der Waals surface area contributed by atoms with Crippen molar-refractivity contribution in [3.8, 4) is 17.1 Å². The number of nitrogens with one attached hydrogen (secondary N) is 1. The third-order valence-corrected chi connectivity index (χ3v) is 5.94. The van der Waals surface area contributed by atoms with E-state index in [1.165, 1.54) is 18.4 Å². The van der Waals surface area contributed by atoms with E-state index in [0.29, 0.717) is 28.5 Å². The first-order valence-corrected chi connectivity index (χ1v) is 10.1. The highest BCUT2D eigenvalue weighted by Gasteiger charge is 2.17. The normalized spacial score (nSPS) is 10.9. The van der Waals surface area contributed by atoms with Crippen molar-refractivity contribution >= 4 is 60.5 Å². The number of anilines is 2. The van der Waals surface area contributed by atoms with Crippen LogP contribution >= 0.6 is 38.9 Å². The van der Waals surface area contributed by atoms with Crippen molar-refractivity contribution < 1.29 is 9.94 Å². The lowest BCUT2D eigenvalue weighted by atomic mass is 10.2. The van der Waals surface area contributed by atoms with Crippen LogP contribution in [0.1, 0.15) is 0 Å². The van der Waals surface area contributed by atoms with Gasteiger partial charge in [-0.05, 0) is 45.7 Å². The fourth-order valence-corrected chi connectivity index (χ4v) is 4.37. The van der Waals surface area contributed by atoms with E-state index in [0.717, 1.165) is 19.9 Å². The van der Waals surface area contributed by atoms with Crippen LogP contribution in [0.5, 0.6) is 5.88 Å². The molecule has 0 aliphatic rings. The van der Waals surface area contributed by atoms with Crippen LogP contribution in [0.4, 0.5) is 11.4 Å². The molecule has 10 heteroatoms. The van der Waals surface area contributed by atoms with E-state index in [1.54, 1.807) is 24.4 Å². The van der Waals surface area contributed by atoms with Gasteiger partial charge in [0, 0.05) is 17.1 Å². The summed E-state index contributed by atoms with van der Waals surface area (Å²) in [5.41, 5.74) is 5.98. The van der Waals surface area contributed by atoms with Gasteiger partial charge in [-0.2, -0.15) is 5.17 Å². The molecule has 3 aromatic heterocycles. The fraction of sp³-hybridized carbons (Fsp3) is 0.0556. The van der Waals surface area contributed by atoms with Gasteiger partial charge < -0.3 is 4.74 Å². The molecular weight excluding hydrogens is 466 g/mol. The molecule has 0 saturated heterocycles. The Morgan fingerprint density at radius 2 is 2.04 bits per heavy atom. The van der Waals surface area contributed by atoms with E-state index in [-0.39, 0.29) is 5.28 Å². The molecule has 2 N–H and O–H groups in total. The van der Waals surface area contributed by atoms with Gasteiger partial charge >= 0.3 is 0 Å². The van der Waals surface area contributed by atoms with Crippen LogP contribution in [0, 0.1) is 0 Å². The van der Waals surface area contributed by atoms with Crippen molar-refractivity contribution in [3.63, 3.8) is 0 Å². The highest BCUT2D eigenvalue weighted by Crippen LogP contribution is 2.37. The molecule has 3 heterocycles. The van der Waals surface area contributed by atoms with E-state index in [2.05, 4.69) is 36.3 Å². The molecule has 0 saturated carbocycles. The molecule has 0 radical (unpaired) electrons. The summed E-state index contributed by atoms with van der Waals surface area (Å²) < 4.78 is 7.04. The number of methoxy groups -OCH3 is 1. The van der Waals surface area contributed by atoms with Crippen molar-refractivity contribution in [2.24, 2.45) is 0 Å². The Labute approximate surface area is 177 Å². The van der Waals surface area contributed by atoms with Crippen LogP contribution in [-0.4, -0.2) is 27.3 Å². The van der Waals surface area contributed by atoms with Gasteiger partial charge in [0.15, 0.2) is 0 Å². The number of pyridine rings is 1. The standard InChI is InChI=1S/C18H13BrClN5O2S/c1-27-17-13(24-25(26)11-5-3-2-4-6-11)7-10(8-21-17)14-16-15(12(19)9-28-16)23-18(20)22-14/h2-9,24,26H,1H3. The lowest BCUT2D eigenvalue weighted by Crippen LogP contribution is -2.25. The number of benzene rings is 1. The minimum atomic E-state index is 0.139. The summed E-state index contributed by atoms with van der Waals surface area (Å²) in [6, 6.07) is 10.8. The third kappa shape index (κ3) is 3.61. The molecule has 142 valence electrons. The molecule has 0 bridgehead atoms. The second kappa shape index (κ2) is 7.88. The Balaban J connectivity index is 1.77. The summed E-state index contributed by atoms with van der Waals surface area (Å²) >= 11 is 11.1. The highest BCUT2D eigenvalue weighted by molar-refractivity contribution is 9.10. The molecule has 0 fully saturated rings. The van der Waals surface area contributed by atoms with E-state index in [9.17, 15) is 5.21 Å². The van der Waals surface area contributed by atoms with Gasteiger partial charge in [0.2, 0.25) is 11.2 Å². The van der Waals surface area contributed by atoms with Gasteiger partial charge in [-0.1, -0.05) is 18.2 Å². The van der Waals surface area contributed by atoms with Gasteiger partial charge in [-0.15, -0.1) is 11.3 Å². The third-order valence-electron chi connectivity index (χ3n) is 3.89. The minimum Gasteiger partial charge on any atom is -0.479 e. The minimum absolute atomic E-state index is 0.139. The lowest BCUT2D eigenvalue weighted by molar-refractivity contribution is 0.276. The number of halogens is 2. The summed E-state index contributed by atoms with van der Waals surface area (Å²) in [5.74, 6) is 0.322. The molecule has 0 amide bonds. The van der Waals surface area contributed by atoms with E-state index in [4.69, 9.17) is 16.3 Å². The molecule has 28 heavy (non-hydrogen) atoms. The number of aromatic nitrogens is 3. The number of fused-ring (bicyclic) bond motifs is 1. The highest BCUT2D eigenvalue weighted by atomic mass is 79.9. The number of rotatable bonds is 5. The molecule has 0 spiro atoms. The SMILES string of the molecule is COc1ncc(-c2nc(Cl)nc3c(Br)csc23)cc1NN(O)c1ccccc1. The number of hydrazine groups is 1. The number of ether oxygens (including phenoxy) is 1. The average Bonchev–Trinajstić information content (AvgIpc) is 3.08. The molecule has 0 aliphatic carbocycles. The van der Waals surface area contributed by atoms with Crippen LogP contribution in [0.2, 0.25) is 5.28 Å². The number of para-hydroxylation sites is 1. The summed E-state index contributed by atoms with van der Waals surface area (Å²) in [4.78, 5) is 13.0. The molecule has 1 aromatic carbocycles. The Hall–Kier alpha value is -2.46. The largest absolute Gasteiger partial charge is 0.479 e. The van der Waals surface area contributed by atoms with Crippen molar-refractivity contribution in [2.45, 2.75) is 0 Å². The number of hydrogen-bond acceptors (Lipinski definition) is 8. The van der Waals surface area contributed by atoms with Crippen LogP contribution in [0.3, 0.4) is 0 Å². The van der Waals surface area contributed by atoms with Crippen molar-refractivity contribution in [1.29, 1.82) is 0 Å². The number of thiophene rings is 1. The van der Waals surface area contributed by atoms with Gasteiger partial charge in [-0.25, -0.2) is 15.0 Å². The quantitative estimate of drug-likeness (QED) is 0.293. The van der Waals surface area contributed by atoms with Crippen molar-refractivity contribution in [2.75, 3.05) is 17.7 Å². The zero-order chi connectivity index (χ0) is 19.7. The van der Waals surface area contributed by atoms with Crippen LogP contribution in [0.25, 0.3) is 21.5 Å². The zero-order valence-electron chi connectivity index (χ0n) is 14.4. The lowest BCUT2D eigenvalue weighted by Gasteiger charge is -2.20. The van der Waals surface area contributed by atoms with Crippen LogP contribution < -0.4 is 15.3 Å². The maximum Gasteiger partial charge on any atom is 0.239 e. The second-order valence-electron chi connectivity index (χ2n) is 5.64. The monoisotopic (exact) mass is 477 g/mol. The van der Waals surface area contributed by atoms with Gasteiger partial charge in [0.25, 0.3) is 0 Å². The Morgan fingerprint density at radius 1 is 1.25 bits per heavy atom. The molecule has 7 nitrogen and oxygen atoms in total. The summed E-state index contributed by atoms with van der Waals surface area (Å²) in [7, 11) is 1.51. The van der Waals surface area contributed by atoms with Crippen LogP contribution in [-0.2, 0) is 0 Å². The van der Waals surface area contributed by atoms with Crippen LogP contribution in [0.15, 0.2) is 52.4 Å². The maximum absolute atomic E-state index is 10.4. The Kier molecular flexibility index (Phi) is 5.31. The smallest absolute Gasteiger partial charge is 0.239 e. The average molecular weight is 479 g/mol. The van der Waals surface area contributed by atoms with Crippen molar-refractivity contribution in [1.82, 2.24) is 15.0 Å². The topological polar surface area (TPSA) is 83.4 Å². The summed E-state index contributed by atoms with van der Waals surface area (Å²) in [6.45, 7) is 0. The second-order valence-corrected chi connectivity index (χ2v) is 7.71. The van der Waals surface area contributed by atoms with Gasteiger partial charge in [-0.3, -0.25) is 10.6 Å². The van der Waals surface area contributed by atoms with Gasteiger partial charge in [0.05, 0.1) is 27.7 Å². The molecule has 0 aliphatic heterocycles. The van der Waals surface area contributed by atoms with Gasteiger partial charge in [0.1, 0.15) is 11.2 Å². The maximum atomic E-state index is 10.4. The molecular formula is C18H13BrClN5O2S. The van der Waals surface area contributed by atoms with Crippen molar-refractivity contribution in [3.05, 3.63) is 57.7 Å².